The Morgan fingerprint density at radius 2 is 2.00 bits per heavy atom. The third-order valence-electron chi connectivity index (χ3n) is 6.71. The average molecular weight is 484 g/mol. The second-order valence-corrected chi connectivity index (χ2v) is 9.59. The lowest BCUT2D eigenvalue weighted by atomic mass is 9.87. The minimum Gasteiger partial charge on any atom is -0.403 e. The van der Waals surface area contributed by atoms with Crippen molar-refractivity contribution in [2.24, 2.45) is 0 Å². The molecule has 1 N–H and O–H groups in total. The van der Waals surface area contributed by atoms with Crippen LogP contribution in [0.5, 0.6) is 0 Å². The van der Waals surface area contributed by atoms with E-state index in [2.05, 4.69) is 50.4 Å². The quantitative estimate of drug-likeness (QED) is 0.455. The van der Waals surface area contributed by atoms with Gasteiger partial charge in [-0.25, -0.2) is 4.52 Å². The van der Waals surface area contributed by atoms with E-state index in [1.165, 1.54) is 6.20 Å². The number of aromatic nitrogens is 5. The monoisotopic (exact) mass is 483 g/mol. The van der Waals surface area contributed by atoms with Gasteiger partial charge in [0.2, 0.25) is 5.91 Å². The number of anilines is 2. The van der Waals surface area contributed by atoms with Crippen LogP contribution >= 0.6 is 0 Å². The summed E-state index contributed by atoms with van der Waals surface area (Å²) in [7, 11) is 0. The van der Waals surface area contributed by atoms with Crippen LogP contribution in [0.2, 0.25) is 0 Å². The minimum absolute atomic E-state index is 0.120. The normalized spacial score (nSPS) is 18.9. The van der Waals surface area contributed by atoms with Crippen LogP contribution in [0.1, 0.15) is 32.8 Å². The molecule has 0 spiro atoms. The lowest BCUT2D eigenvalue weighted by Gasteiger charge is -2.55. The van der Waals surface area contributed by atoms with Crippen LogP contribution in [0.3, 0.4) is 0 Å². The Kier molecular flexibility index (Phi) is 5.10. The molecular formula is C25H25N9O2. The van der Waals surface area contributed by atoms with Crippen LogP contribution in [0.15, 0.2) is 41.1 Å². The van der Waals surface area contributed by atoms with Gasteiger partial charge in [0.15, 0.2) is 0 Å². The van der Waals surface area contributed by atoms with Crippen LogP contribution in [-0.4, -0.2) is 66.8 Å². The standard InChI is InChI=1S/C25H25N9O2/c1-14(2)29-21-8-22(23-5-4-17-6-16(9-26)10-28-34(17)23)27-11-20(21)24-30-31-25(36-24)32-12-18-7-19(13-32)33(18)15(3)35/h4-6,8,10-11,14,18-19H,7,12-13H2,1-3H3,(H,27,29). The van der Waals surface area contributed by atoms with E-state index in [-0.39, 0.29) is 24.0 Å². The Morgan fingerprint density at radius 3 is 2.72 bits per heavy atom. The fraction of sp³-hybridized carbons (Fsp3) is 0.360. The molecular weight excluding hydrogens is 458 g/mol. The number of carbonyl (C=O) groups is 1. The molecule has 3 aliphatic rings. The molecule has 11 heteroatoms. The molecule has 3 aliphatic heterocycles. The maximum atomic E-state index is 11.8. The Morgan fingerprint density at radius 1 is 1.19 bits per heavy atom. The molecule has 36 heavy (non-hydrogen) atoms. The van der Waals surface area contributed by atoms with Gasteiger partial charge in [-0.3, -0.25) is 9.78 Å². The molecule has 2 bridgehead atoms. The molecule has 11 nitrogen and oxygen atoms in total. The summed E-state index contributed by atoms with van der Waals surface area (Å²) in [6, 6.07) is 10.7. The number of piperazine rings is 1. The highest BCUT2D eigenvalue weighted by atomic mass is 16.4. The van der Waals surface area contributed by atoms with Crippen LogP contribution in [-0.2, 0) is 4.79 Å². The molecule has 4 aromatic heterocycles. The van der Waals surface area contributed by atoms with Crippen molar-refractivity contribution in [1.82, 2.24) is 29.7 Å². The zero-order valence-corrected chi connectivity index (χ0v) is 20.2. The summed E-state index contributed by atoms with van der Waals surface area (Å²) in [6.45, 7) is 7.11. The van der Waals surface area contributed by atoms with Crippen molar-refractivity contribution in [2.45, 2.75) is 45.3 Å². The predicted octanol–water partition coefficient (Wildman–Crippen LogP) is 2.95. The first-order valence-corrected chi connectivity index (χ1v) is 11.9. The van der Waals surface area contributed by atoms with Crippen molar-refractivity contribution in [2.75, 3.05) is 23.3 Å². The Balaban J connectivity index is 1.31. The van der Waals surface area contributed by atoms with Crippen LogP contribution in [0, 0.1) is 11.3 Å². The highest BCUT2D eigenvalue weighted by molar-refractivity contribution is 5.78. The summed E-state index contributed by atoms with van der Waals surface area (Å²) in [4.78, 5) is 20.5. The van der Waals surface area contributed by atoms with E-state index in [0.717, 1.165) is 29.0 Å². The van der Waals surface area contributed by atoms with Crippen molar-refractivity contribution >= 4 is 23.1 Å². The number of nitrogens with one attached hydrogen (secondary N) is 1. The minimum atomic E-state index is 0.120. The summed E-state index contributed by atoms with van der Waals surface area (Å²) in [6.07, 6.45) is 4.29. The number of nitrogens with zero attached hydrogens (tertiary/aromatic N) is 8. The number of hydrogen-bond donors (Lipinski definition) is 1. The van der Waals surface area contributed by atoms with E-state index in [1.807, 2.05) is 23.1 Å². The van der Waals surface area contributed by atoms with Gasteiger partial charge >= 0.3 is 6.01 Å². The summed E-state index contributed by atoms with van der Waals surface area (Å²) < 4.78 is 7.86. The van der Waals surface area contributed by atoms with Crippen molar-refractivity contribution < 1.29 is 9.21 Å². The van der Waals surface area contributed by atoms with Crippen molar-refractivity contribution in [1.29, 1.82) is 5.26 Å². The molecule has 0 radical (unpaired) electrons. The van der Waals surface area contributed by atoms with Crippen molar-refractivity contribution in [3.63, 3.8) is 0 Å². The van der Waals surface area contributed by atoms with E-state index in [4.69, 9.17) is 9.68 Å². The number of nitriles is 1. The fourth-order valence-electron chi connectivity index (χ4n) is 5.18. The van der Waals surface area contributed by atoms with E-state index in [1.54, 1.807) is 23.7 Å². The average Bonchev–Trinajstić information content (AvgIpc) is 3.50. The van der Waals surface area contributed by atoms with Gasteiger partial charge in [0.1, 0.15) is 6.07 Å². The molecule has 0 saturated carbocycles. The highest BCUT2D eigenvalue weighted by Gasteiger charge is 2.47. The number of hydrogen-bond acceptors (Lipinski definition) is 9. The Hall–Kier alpha value is -4.46. The van der Waals surface area contributed by atoms with Gasteiger partial charge in [0.05, 0.1) is 52.0 Å². The first-order valence-electron chi connectivity index (χ1n) is 11.9. The zero-order chi connectivity index (χ0) is 25.0. The van der Waals surface area contributed by atoms with Crippen molar-refractivity contribution in [3.8, 4) is 28.9 Å². The summed E-state index contributed by atoms with van der Waals surface area (Å²) in [5.41, 5.74) is 4.38. The van der Waals surface area contributed by atoms with Gasteiger partial charge in [-0.2, -0.15) is 10.4 Å². The molecule has 7 heterocycles. The van der Waals surface area contributed by atoms with E-state index >= 15 is 0 Å². The van der Waals surface area contributed by atoms with Crippen molar-refractivity contribution in [3.05, 3.63) is 42.2 Å². The third kappa shape index (κ3) is 3.62. The van der Waals surface area contributed by atoms with Gasteiger partial charge in [-0.15, -0.1) is 5.10 Å². The molecule has 3 saturated heterocycles. The number of pyridine rings is 1. The van der Waals surface area contributed by atoms with Gasteiger partial charge < -0.3 is 19.5 Å². The molecule has 2 unspecified atom stereocenters. The molecule has 1 amide bonds. The fourth-order valence-corrected chi connectivity index (χ4v) is 5.18. The SMILES string of the molecule is CC(=O)N1C2CC1CN(c1nnc(-c3cnc(-c4ccc5cc(C#N)cnn45)cc3NC(C)C)o1)C2. The maximum absolute atomic E-state index is 11.8. The summed E-state index contributed by atoms with van der Waals surface area (Å²) >= 11 is 0. The zero-order valence-electron chi connectivity index (χ0n) is 20.2. The van der Waals surface area contributed by atoms with Crippen LogP contribution < -0.4 is 10.2 Å². The third-order valence-corrected chi connectivity index (χ3v) is 6.71. The van der Waals surface area contributed by atoms with E-state index in [9.17, 15) is 4.79 Å². The Labute approximate surface area is 207 Å². The molecule has 3 fully saturated rings. The van der Waals surface area contributed by atoms with Gasteiger partial charge in [-0.05, 0) is 44.5 Å². The van der Waals surface area contributed by atoms with E-state index < -0.39 is 0 Å². The molecule has 2 atom stereocenters. The summed E-state index contributed by atoms with van der Waals surface area (Å²) in [5.74, 6) is 0.501. The molecule has 4 aromatic rings. The molecule has 0 aromatic carbocycles. The first-order chi connectivity index (χ1) is 17.4. The second-order valence-electron chi connectivity index (χ2n) is 9.59. The topological polar surface area (TPSA) is 128 Å². The van der Waals surface area contributed by atoms with E-state index in [0.29, 0.717) is 36.1 Å². The molecule has 7 rings (SSSR count). The molecule has 182 valence electrons. The second kappa shape index (κ2) is 8.34. The number of carbonyl (C=O) groups excluding carboxylic acids is 1. The van der Waals surface area contributed by atoms with Gasteiger partial charge in [0.25, 0.3) is 5.89 Å². The Bertz CT molecular complexity index is 1500. The number of fused-ring (bicyclic) bond motifs is 3. The molecule has 0 aliphatic carbocycles. The number of rotatable bonds is 5. The largest absolute Gasteiger partial charge is 0.403 e. The highest BCUT2D eigenvalue weighted by Crippen LogP contribution is 2.36. The summed E-state index contributed by atoms with van der Waals surface area (Å²) in [5, 5.41) is 25.6. The number of piperidine rings is 1. The van der Waals surface area contributed by atoms with Crippen LogP contribution in [0.25, 0.3) is 28.4 Å². The van der Waals surface area contributed by atoms with Gasteiger partial charge in [-0.1, -0.05) is 5.10 Å². The predicted molar refractivity (Wildman–Crippen MR) is 132 cm³/mol. The van der Waals surface area contributed by atoms with Crippen LogP contribution in [0.4, 0.5) is 11.7 Å². The van der Waals surface area contributed by atoms with Gasteiger partial charge in [0, 0.05) is 32.3 Å². The number of amides is 1. The maximum Gasteiger partial charge on any atom is 0.318 e. The lowest BCUT2D eigenvalue weighted by molar-refractivity contribution is -0.143. The first kappa shape index (κ1) is 22.0. The smallest absolute Gasteiger partial charge is 0.318 e. The lowest BCUT2D eigenvalue weighted by Crippen LogP contribution is -2.70.